The van der Waals surface area contributed by atoms with E-state index in [1.54, 1.807) is 17.0 Å². The van der Waals surface area contributed by atoms with E-state index in [-0.39, 0.29) is 16.8 Å². The second-order valence-electron chi connectivity index (χ2n) is 6.94. The molecule has 3 rings (SSSR count). The van der Waals surface area contributed by atoms with Crippen molar-refractivity contribution in [1.29, 1.82) is 0 Å². The van der Waals surface area contributed by atoms with E-state index >= 15 is 0 Å². The minimum absolute atomic E-state index is 0.0166. The van der Waals surface area contributed by atoms with Gasteiger partial charge >= 0.3 is 0 Å². The van der Waals surface area contributed by atoms with Gasteiger partial charge in [-0.15, -0.1) is 0 Å². The van der Waals surface area contributed by atoms with Gasteiger partial charge in [0.25, 0.3) is 15.9 Å². The Kier molecular flexibility index (Phi) is 6.22. The SMILES string of the molecule is CON(C)S(=O)(=O)c1cccc(C(=O)N2CCCCC[C@@H]2c2ccc(C)o2)c1. The van der Waals surface area contributed by atoms with Crippen LogP contribution in [0, 0.1) is 6.92 Å². The molecular formula is C20H26N2O5S. The van der Waals surface area contributed by atoms with Gasteiger partial charge in [-0.3, -0.25) is 9.63 Å². The molecule has 0 aliphatic carbocycles. The lowest BCUT2D eigenvalue weighted by molar-refractivity contribution is -0.0258. The highest BCUT2D eigenvalue weighted by atomic mass is 32.2. The summed E-state index contributed by atoms with van der Waals surface area (Å²) in [6, 6.07) is 9.75. The molecule has 7 nitrogen and oxygen atoms in total. The second kappa shape index (κ2) is 8.46. The van der Waals surface area contributed by atoms with Crippen LogP contribution < -0.4 is 0 Å². The average molecular weight is 407 g/mol. The molecule has 1 saturated heterocycles. The number of hydrogen-bond acceptors (Lipinski definition) is 5. The zero-order valence-electron chi connectivity index (χ0n) is 16.4. The number of likely N-dealkylation sites (tertiary alicyclic amines) is 1. The van der Waals surface area contributed by atoms with Gasteiger partial charge in [0.15, 0.2) is 0 Å². The summed E-state index contributed by atoms with van der Waals surface area (Å²) in [6.07, 6.45) is 3.80. The van der Waals surface area contributed by atoms with Crippen molar-refractivity contribution in [2.45, 2.75) is 43.5 Å². The molecule has 28 heavy (non-hydrogen) atoms. The van der Waals surface area contributed by atoms with Gasteiger partial charge in [-0.25, -0.2) is 8.42 Å². The fraction of sp³-hybridized carbons (Fsp3) is 0.450. The van der Waals surface area contributed by atoms with E-state index < -0.39 is 10.0 Å². The van der Waals surface area contributed by atoms with Crippen molar-refractivity contribution in [3.8, 4) is 0 Å². The van der Waals surface area contributed by atoms with Crippen LogP contribution in [-0.2, 0) is 14.9 Å². The third kappa shape index (κ3) is 4.14. The number of sulfonamides is 1. The molecule has 1 atom stereocenters. The van der Waals surface area contributed by atoms with E-state index in [1.165, 1.54) is 26.3 Å². The minimum atomic E-state index is -3.82. The fourth-order valence-electron chi connectivity index (χ4n) is 3.48. The zero-order chi connectivity index (χ0) is 20.3. The highest BCUT2D eigenvalue weighted by molar-refractivity contribution is 7.89. The first kappa shape index (κ1) is 20.6. The molecule has 0 spiro atoms. The maximum Gasteiger partial charge on any atom is 0.264 e. The van der Waals surface area contributed by atoms with Crippen LogP contribution in [0.1, 0.15) is 53.6 Å². The molecule has 1 aliphatic heterocycles. The topological polar surface area (TPSA) is 80.1 Å². The fourth-order valence-corrected chi connectivity index (χ4v) is 4.50. The first-order valence-electron chi connectivity index (χ1n) is 9.35. The Labute approximate surface area is 165 Å². The van der Waals surface area contributed by atoms with Crippen LogP contribution in [0.4, 0.5) is 0 Å². The highest BCUT2D eigenvalue weighted by Gasteiger charge is 2.30. The van der Waals surface area contributed by atoms with E-state index in [1.807, 2.05) is 19.1 Å². The summed E-state index contributed by atoms with van der Waals surface area (Å²) in [7, 11) is -1.23. The van der Waals surface area contributed by atoms with Gasteiger partial charge in [0, 0.05) is 19.2 Å². The van der Waals surface area contributed by atoms with Crippen molar-refractivity contribution >= 4 is 15.9 Å². The second-order valence-corrected chi connectivity index (χ2v) is 8.87. The number of hydrogen-bond donors (Lipinski definition) is 0. The summed E-state index contributed by atoms with van der Waals surface area (Å²) >= 11 is 0. The van der Waals surface area contributed by atoms with Crippen molar-refractivity contribution in [2.75, 3.05) is 20.7 Å². The molecule has 152 valence electrons. The molecule has 1 aliphatic rings. The van der Waals surface area contributed by atoms with Crippen molar-refractivity contribution in [3.05, 3.63) is 53.5 Å². The Morgan fingerprint density at radius 3 is 2.68 bits per heavy atom. The van der Waals surface area contributed by atoms with Crippen molar-refractivity contribution < 1.29 is 22.5 Å². The van der Waals surface area contributed by atoms with Gasteiger partial charge in [0.1, 0.15) is 11.5 Å². The largest absolute Gasteiger partial charge is 0.464 e. The lowest BCUT2D eigenvalue weighted by Gasteiger charge is -2.29. The van der Waals surface area contributed by atoms with Gasteiger partial charge < -0.3 is 9.32 Å². The van der Waals surface area contributed by atoms with Gasteiger partial charge in [-0.05, 0) is 50.1 Å². The molecular weight excluding hydrogens is 380 g/mol. The summed E-state index contributed by atoms with van der Waals surface area (Å²) in [5.41, 5.74) is 0.334. The van der Waals surface area contributed by atoms with Crippen molar-refractivity contribution in [1.82, 2.24) is 9.37 Å². The number of amides is 1. The predicted molar refractivity (Wildman–Crippen MR) is 104 cm³/mol. The number of rotatable bonds is 5. The number of nitrogens with zero attached hydrogens (tertiary/aromatic N) is 2. The molecule has 1 aromatic carbocycles. The van der Waals surface area contributed by atoms with Crippen molar-refractivity contribution in [3.63, 3.8) is 0 Å². The van der Waals surface area contributed by atoms with Crippen LogP contribution in [0.3, 0.4) is 0 Å². The Hall–Kier alpha value is -2.16. The standard InChI is InChI=1S/C20H26N2O5S/c1-15-11-12-19(27-15)18-10-5-4-6-13-22(18)20(23)16-8-7-9-17(14-16)28(24,25)21(2)26-3/h7-9,11-12,14,18H,4-6,10,13H2,1-3H3/t18-/m1/s1. The van der Waals surface area contributed by atoms with Crippen LogP contribution in [0.5, 0.6) is 0 Å². The number of hydroxylamine groups is 1. The van der Waals surface area contributed by atoms with Crippen LogP contribution in [0.25, 0.3) is 0 Å². The Morgan fingerprint density at radius 2 is 2.00 bits per heavy atom. The van der Waals surface area contributed by atoms with E-state index in [2.05, 4.69) is 0 Å². The average Bonchev–Trinajstić information content (AvgIpc) is 2.98. The lowest BCUT2D eigenvalue weighted by Crippen LogP contribution is -2.35. The third-order valence-electron chi connectivity index (χ3n) is 5.08. The van der Waals surface area contributed by atoms with Gasteiger partial charge in [0.2, 0.25) is 0 Å². The third-order valence-corrected chi connectivity index (χ3v) is 6.75. The smallest absolute Gasteiger partial charge is 0.264 e. The zero-order valence-corrected chi connectivity index (χ0v) is 17.2. The summed E-state index contributed by atoms with van der Waals surface area (Å²) in [5, 5.41) is 0. The molecule has 1 amide bonds. The molecule has 0 unspecified atom stereocenters. The summed E-state index contributed by atoms with van der Waals surface area (Å²) in [4.78, 5) is 19.9. The Morgan fingerprint density at radius 1 is 1.21 bits per heavy atom. The lowest BCUT2D eigenvalue weighted by atomic mass is 10.1. The molecule has 0 bridgehead atoms. The first-order chi connectivity index (χ1) is 13.3. The summed E-state index contributed by atoms with van der Waals surface area (Å²) in [5.74, 6) is 1.39. The van der Waals surface area contributed by atoms with E-state index in [0.717, 1.165) is 41.7 Å². The van der Waals surface area contributed by atoms with Crippen molar-refractivity contribution in [2.24, 2.45) is 0 Å². The van der Waals surface area contributed by atoms with Crippen LogP contribution in [-0.4, -0.2) is 44.4 Å². The van der Waals surface area contributed by atoms with E-state index in [9.17, 15) is 13.2 Å². The van der Waals surface area contributed by atoms with Crippen LogP contribution >= 0.6 is 0 Å². The van der Waals surface area contributed by atoms with Gasteiger partial charge in [-0.2, -0.15) is 0 Å². The Bertz CT molecular complexity index is 938. The summed E-state index contributed by atoms with van der Waals surface area (Å²) in [6.45, 7) is 2.49. The number of carbonyl (C=O) groups excluding carboxylic acids is 1. The van der Waals surface area contributed by atoms with E-state index in [0.29, 0.717) is 12.1 Å². The highest BCUT2D eigenvalue weighted by Crippen LogP contribution is 2.32. The van der Waals surface area contributed by atoms with Crippen LogP contribution in [0.2, 0.25) is 0 Å². The molecule has 2 heterocycles. The van der Waals surface area contributed by atoms with Gasteiger partial charge in [-0.1, -0.05) is 23.4 Å². The molecule has 0 radical (unpaired) electrons. The predicted octanol–water partition coefficient (Wildman–Crippen LogP) is 3.53. The number of benzene rings is 1. The normalized spacial score (nSPS) is 18.3. The van der Waals surface area contributed by atoms with Gasteiger partial charge in [0.05, 0.1) is 18.0 Å². The number of carbonyl (C=O) groups is 1. The quantitative estimate of drug-likeness (QED) is 0.710. The van der Waals surface area contributed by atoms with Crippen LogP contribution in [0.15, 0.2) is 45.7 Å². The Balaban J connectivity index is 1.94. The molecule has 8 heteroatoms. The first-order valence-corrected chi connectivity index (χ1v) is 10.8. The molecule has 0 N–H and O–H groups in total. The minimum Gasteiger partial charge on any atom is -0.464 e. The maximum atomic E-state index is 13.3. The molecule has 2 aromatic rings. The molecule has 0 saturated carbocycles. The molecule has 1 aromatic heterocycles. The number of aryl methyl sites for hydroxylation is 1. The summed E-state index contributed by atoms with van der Waals surface area (Å²) < 4.78 is 31.6. The monoisotopic (exact) mass is 406 g/mol. The van der Waals surface area contributed by atoms with E-state index in [4.69, 9.17) is 9.25 Å². The number of furan rings is 1. The maximum absolute atomic E-state index is 13.3. The molecule has 1 fully saturated rings.